The van der Waals surface area contributed by atoms with Crippen LogP contribution in [0.15, 0.2) is 36.1 Å². The third-order valence-corrected chi connectivity index (χ3v) is 3.86. The summed E-state index contributed by atoms with van der Waals surface area (Å²) in [5, 5.41) is 9.93. The van der Waals surface area contributed by atoms with E-state index < -0.39 is 0 Å². The largest absolute Gasteiger partial charge is 0.493 e. The maximum atomic E-state index is 9.93. The molecule has 1 aromatic carbocycles. The quantitative estimate of drug-likeness (QED) is 0.666. The van der Waals surface area contributed by atoms with Crippen LogP contribution in [0, 0.1) is 3.95 Å². The van der Waals surface area contributed by atoms with Crippen molar-refractivity contribution in [1.29, 1.82) is 0 Å². The van der Waals surface area contributed by atoms with Crippen LogP contribution in [0.3, 0.4) is 0 Å². The monoisotopic (exact) mass is 275 g/mol. The van der Waals surface area contributed by atoms with Crippen LogP contribution >= 0.6 is 23.6 Å². The predicted octanol–water partition coefficient (Wildman–Crippen LogP) is 4.33. The van der Waals surface area contributed by atoms with Gasteiger partial charge in [-0.15, -0.1) is 17.1 Å². The highest BCUT2D eigenvalue weighted by Gasteiger charge is 2.06. The number of aromatic nitrogens is 1. The summed E-state index contributed by atoms with van der Waals surface area (Å²) in [5.74, 6) is 0.224. The van der Waals surface area contributed by atoms with Gasteiger partial charge in [0.1, 0.15) is 0 Å². The minimum Gasteiger partial charge on any atom is -0.493 e. The van der Waals surface area contributed by atoms with E-state index in [1.807, 2.05) is 43.3 Å². The van der Waals surface area contributed by atoms with Crippen molar-refractivity contribution < 1.29 is 5.11 Å². The Labute approximate surface area is 115 Å². The number of hydrogen-bond donors (Lipinski definition) is 1. The SMILES string of the molecule is CCn1c(O)c(C=C=Cc2ccccc2)sc1=S. The van der Waals surface area contributed by atoms with Gasteiger partial charge in [0.15, 0.2) is 3.95 Å². The molecule has 0 aliphatic heterocycles. The predicted molar refractivity (Wildman–Crippen MR) is 79.4 cm³/mol. The molecule has 0 amide bonds. The summed E-state index contributed by atoms with van der Waals surface area (Å²) in [6, 6.07) is 9.92. The summed E-state index contributed by atoms with van der Waals surface area (Å²) in [7, 11) is 0. The Balaban J connectivity index is 2.30. The maximum Gasteiger partial charge on any atom is 0.211 e. The van der Waals surface area contributed by atoms with Crippen molar-refractivity contribution in [1.82, 2.24) is 4.57 Å². The highest BCUT2D eigenvalue weighted by Crippen LogP contribution is 2.26. The third-order valence-electron chi connectivity index (χ3n) is 2.47. The van der Waals surface area contributed by atoms with E-state index in [-0.39, 0.29) is 5.88 Å². The zero-order chi connectivity index (χ0) is 13.0. The second-order valence-corrected chi connectivity index (χ2v) is 5.34. The topological polar surface area (TPSA) is 25.2 Å². The lowest BCUT2D eigenvalue weighted by Gasteiger charge is -1.97. The first-order valence-corrected chi connectivity index (χ1v) is 6.85. The molecule has 2 nitrogen and oxygen atoms in total. The Morgan fingerprint density at radius 2 is 2.06 bits per heavy atom. The Morgan fingerprint density at radius 3 is 2.67 bits per heavy atom. The van der Waals surface area contributed by atoms with Gasteiger partial charge in [0.05, 0.1) is 4.88 Å². The van der Waals surface area contributed by atoms with Crippen LogP contribution in [0.25, 0.3) is 12.2 Å². The summed E-state index contributed by atoms with van der Waals surface area (Å²) >= 11 is 6.56. The second kappa shape index (κ2) is 5.83. The first-order valence-electron chi connectivity index (χ1n) is 5.62. The van der Waals surface area contributed by atoms with Crippen molar-refractivity contribution in [3.63, 3.8) is 0 Å². The molecule has 4 heteroatoms. The minimum absolute atomic E-state index is 0.224. The highest BCUT2D eigenvalue weighted by atomic mass is 32.1. The van der Waals surface area contributed by atoms with Crippen molar-refractivity contribution in [3.8, 4) is 5.88 Å². The van der Waals surface area contributed by atoms with Crippen LogP contribution in [0.5, 0.6) is 5.88 Å². The molecule has 0 aliphatic carbocycles. The summed E-state index contributed by atoms with van der Waals surface area (Å²) in [4.78, 5) is 0.744. The number of benzene rings is 1. The summed E-state index contributed by atoms with van der Waals surface area (Å²) in [6.45, 7) is 2.63. The number of rotatable bonds is 3. The van der Waals surface area contributed by atoms with E-state index in [2.05, 4.69) is 5.73 Å². The van der Waals surface area contributed by atoms with E-state index in [1.165, 1.54) is 11.3 Å². The molecule has 2 rings (SSSR count). The molecule has 18 heavy (non-hydrogen) atoms. The van der Waals surface area contributed by atoms with Gasteiger partial charge in [-0.3, -0.25) is 4.57 Å². The molecular formula is C14H13NOS2. The molecule has 0 saturated carbocycles. The van der Waals surface area contributed by atoms with Crippen molar-refractivity contribution in [2.45, 2.75) is 13.5 Å². The summed E-state index contributed by atoms with van der Waals surface area (Å²) < 4.78 is 2.39. The molecule has 0 radical (unpaired) electrons. The molecule has 0 saturated heterocycles. The zero-order valence-corrected chi connectivity index (χ0v) is 11.6. The van der Waals surface area contributed by atoms with Crippen LogP contribution in [0.4, 0.5) is 0 Å². The molecule has 0 unspecified atom stereocenters. The van der Waals surface area contributed by atoms with Gasteiger partial charge in [0.25, 0.3) is 0 Å². The van der Waals surface area contributed by atoms with Crippen LogP contribution in [-0.2, 0) is 6.54 Å². The lowest BCUT2D eigenvalue weighted by molar-refractivity contribution is 0.419. The fourth-order valence-corrected chi connectivity index (χ4v) is 2.88. The number of thiazole rings is 1. The first-order chi connectivity index (χ1) is 8.72. The van der Waals surface area contributed by atoms with Gasteiger partial charge in [-0.25, -0.2) is 0 Å². The van der Waals surface area contributed by atoms with Crippen molar-refractivity contribution in [2.24, 2.45) is 0 Å². The van der Waals surface area contributed by atoms with Crippen LogP contribution in [0.2, 0.25) is 0 Å². The molecule has 92 valence electrons. The van der Waals surface area contributed by atoms with Gasteiger partial charge in [-0.2, -0.15) is 0 Å². The average molecular weight is 275 g/mol. The molecule has 1 heterocycles. The molecule has 0 fully saturated rings. The lowest BCUT2D eigenvalue weighted by atomic mass is 10.2. The van der Waals surface area contributed by atoms with Crippen LogP contribution in [-0.4, -0.2) is 9.67 Å². The van der Waals surface area contributed by atoms with E-state index >= 15 is 0 Å². The Morgan fingerprint density at radius 1 is 1.33 bits per heavy atom. The Kier molecular flexibility index (Phi) is 4.15. The Hall–Kier alpha value is -1.61. The molecule has 1 aromatic heterocycles. The van der Waals surface area contributed by atoms with Crippen molar-refractivity contribution >= 4 is 35.7 Å². The minimum atomic E-state index is 0.224. The van der Waals surface area contributed by atoms with E-state index in [0.717, 1.165) is 10.4 Å². The Bertz CT molecular complexity index is 646. The summed E-state index contributed by atoms with van der Waals surface area (Å²) in [5.41, 5.74) is 4.14. The third kappa shape index (κ3) is 2.79. The van der Waals surface area contributed by atoms with Crippen LogP contribution in [0.1, 0.15) is 17.4 Å². The number of hydrogen-bond acceptors (Lipinski definition) is 3. The fourth-order valence-electron chi connectivity index (χ4n) is 1.55. The van der Waals surface area contributed by atoms with Gasteiger partial charge >= 0.3 is 0 Å². The number of nitrogens with zero attached hydrogens (tertiary/aromatic N) is 1. The standard InChI is InChI=1S/C14H13NOS2/c1-2-15-13(16)12(18-14(15)17)10-6-9-11-7-4-3-5-8-11/h3-5,7-10,16H,2H2,1H3. The van der Waals surface area contributed by atoms with Crippen molar-refractivity contribution in [3.05, 3.63) is 50.5 Å². The van der Waals surface area contributed by atoms with Gasteiger partial charge in [0.2, 0.25) is 5.88 Å². The normalized spacial score (nSPS) is 9.83. The molecular weight excluding hydrogens is 262 g/mol. The van der Waals surface area contributed by atoms with Gasteiger partial charge in [-0.05, 0) is 30.8 Å². The molecule has 1 N–H and O–H groups in total. The zero-order valence-electron chi connectivity index (χ0n) is 9.96. The fraction of sp³-hybridized carbons (Fsp3) is 0.143. The van der Waals surface area contributed by atoms with E-state index in [4.69, 9.17) is 12.2 Å². The number of aromatic hydroxyl groups is 1. The first kappa shape index (κ1) is 12.8. The molecule has 2 aromatic rings. The van der Waals surface area contributed by atoms with Gasteiger partial charge < -0.3 is 5.11 Å². The van der Waals surface area contributed by atoms with E-state index in [9.17, 15) is 5.11 Å². The average Bonchev–Trinajstić information content (AvgIpc) is 2.65. The summed E-state index contributed by atoms with van der Waals surface area (Å²) in [6.07, 6.45) is 3.63. The molecule has 0 aliphatic rings. The second-order valence-electron chi connectivity index (χ2n) is 3.67. The van der Waals surface area contributed by atoms with E-state index in [0.29, 0.717) is 10.5 Å². The molecule has 0 atom stereocenters. The smallest absolute Gasteiger partial charge is 0.211 e. The molecule has 0 spiro atoms. The molecule has 0 bridgehead atoms. The lowest BCUT2D eigenvalue weighted by Crippen LogP contribution is -1.91. The van der Waals surface area contributed by atoms with E-state index in [1.54, 1.807) is 10.6 Å². The maximum absolute atomic E-state index is 9.93. The highest BCUT2D eigenvalue weighted by molar-refractivity contribution is 7.73. The van der Waals surface area contributed by atoms with Gasteiger partial charge in [-0.1, -0.05) is 30.3 Å². The van der Waals surface area contributed by atoms with Crippen LogP contribution < -0.4 is 0 Å². The van der Waals surface area contributed by atoms with Crippen molar-refractivity contribution in [2.75, 3.05) is 0 Å². The van der Waals surface area contributed by atoms with Gasteiger partial charge in [0, 0.05) is 12.6 Å².